The summed E-state index contributed by atoms with van der Waals surface area (Å²) < 4.78 is 39.2. The lowest BCUT2D eigenvalue weighted by atomic mass is 10.3. The van der Waals surface area contributed by atoms with Gasteiger partial charge >= 0.3 is 6.18 Å². The van der Waals surface area contributed by atoms with Crippen molar-refractivity contribution in [1.82, 2.24) is 14.8 Å². The van der Waals surface area contributed by atoms with E-state index >= 15 is 0 Å². The summed E-state index contributed by atoms with van der Waals surface area (Å²) >= 11 is 3.16. The Labute approximate surface area is 109 Å². The van der Waals surface area contributed by atoms with Gasteiger partial charge in [0.15, 0.2) is 5.69 Å². The van der Waals surface area contributed by atoms with E-state index in [0.717, 1.165) is 6.07 Å². The molecule has 0 unspecified atom stereocenters. The zero-order valence-electron chi connectivity index (χ0n) is 9.16. The number of hydrogen-bond acceptors (Lipinski definition) is 3. The molecule has 4 nitrogen and oxygen atoms in total. The monoisotopic (exact) mass is 320 g/mol. The Balaban J connectivity index is 2.51. The van der Waals surface area contributed by atoms with E-state index in [1.807, 2.05) is 0 Å². The first-order chi connectivity index (χ1) is 8.29. The van der Waals surface area contributed by atoms with Crippen LogP contribution in [0.25, 0.3) is 5.69 Å². The van der Waals surface area contributed by atoms with Crippen molar-refractivity contribution in [3.05, 3.63) is 34.2 Å². The third-order valence-corrected chi connectivity index (χ3v) is 2.91. The molecule has 2 N–H and O–H groups in total. The van der Waals surface area contributed by atoms with Crippen molar-refractivity contribution in [3.63, 3.8) is 0 Å². The first-order valence-electron chi connectivity index (χ1n) is 4.84. The zero-order valence-corrected chi connectivity index (χ0v) is 10.7. The SMILES string of the molecule is Cc1cc(C(F)(F)F)nn1-c1cnc(N)c(Br)c1. The summed E-state index contributed by atoms with van der Waals surface area (Å²) in [5.74, 6) is 0.264. The molecular formula is C10H8BrF3N4. The maximum absolute atomic E-state index is 12.5. The molecule has 8 heteroatoms. The predicted octanol–water partition coefficient (Wildman–Crippen LogP) is 2.94. The molecule has 0 aliphatic heterocycles. The van der Waals surface area contributed by atoms with Crippen LogP contribution in [-0.4, -0.2) is 14.8 Å². The summed E-state index contributed by atoms with van der Waals surface area (Å²) in [5.41, 5.74) is 5.34. The highest BCUT2D eigenvalue weighted by Gasteiger charge is 2.34. The molecule has 0 bridgehead atoms. The third kappa shape index (κ3) is 2.33. The molecule has 0 amide bonds. The molecule has 2 aromatic rings. The molecule has 0 radical (unpaired) electrons. The van der Waals surface area contributed by atoms with Crippen LogP contribution in [0.15, 0.2) is 22.8 Å². The quantitative estimate of drug-likeness (QED) is 0.879. The minimum Gasteiger partial charge on any atom is -0.383 e. The van der Waals surface area contributed by atoms with Gasteiger partial charge in [-0.1, -0.05) is 0 Å². The van der Waals surface area contributed by atoms with Crippen molar-refractivity contribution >= 4 is 21.7 Å². The number of pyridine rings is 1. The van der Waals surface area contributed by atoms with Crippen LogP contribution >= 0.6 is 15.9 Å². The van der Waals surface area contributed by atoms with Gasteiger partial charge in [-0.05, 0) is 35.0 Å². The summed E-state index contributed by atoms with van der Waals surface area (Å²) in [6, 6.07) is 2.53. The zero-order chi connectivity index (χ0) is 13.5. The van der Waals surface area contributed by atoms with E-state index in [1.165, 1.54) is 17.8 Å². The van der Waals surface area contributed by atoms with E-state index in [1.54, 1.807) is 6.07 Å². The van der Waals surface area contributed by atoms with Crippen molar-refractivity contribution in [2.24, 2.45) is 0 Å². The van der Waals surface area contributed by atoms with Gasteiger partial charge in [-0.15, -0.1) is 0 Å². The molecule has 2 aromatic heterocycles. The van der Waals surface area contributed by atoms with Crippen LogP contribution < -0.4 is 5.73 Å². The smallest absolute Gasteiger partial charge is 0.383 e. The van der Waals surface area contributed by atoms with Gasteiger partial charge in [-0.25, -0.2) is 9.67 Å². The molecule has 0 saturated heterocycles. The highest BCUT2D eigenvalue weighted by Crippen LogP contribution is 2.29. The highest BCUT2D eigenvalue weighted by atomic mass is 79.9. The number of alkyl halides is 3. The minimum atomic E-state index is -4.46. The Morgan fingerprint density at radius 3 is 2.50 bits per heavy atom. The van der Waals surface area contributed by atoms with Gasteiger partial charge in [-0.3, -0.25) is 0 Å². The topological polar surface area (TPSA) is 56.7 Å². The number of rotatable bonds is 1. The average Bonchev–Trinajstić information content (AvgIpc) is 2.64. The number of hydrogen-bond donors (Lipinski definition) is 1. The van der Waals surface area contributed by atoms with Crippen LogP contribution in [0.1, 0.15) is 11.4 Å². The lowest BCUT2D eigenvalue weighted by Gasteiger charge is -2.05. The second kappa shape index (κ2) is 4.27. The number of nitrogens with two attached hydrogens (primary N) is 1. The van der Waals surface area contributed by atoms with Gasteiger partial charge < -0.3 is 5.73 Å². The summed E-state index contributed by atoms with van der Waals surface area (Å²) in [6.07, 6.45) is -3.10. The summed E-state index contributed by atoms with van der Waals surface area (Å²) in [6.45, 7) is 1.53. The Morgan fingerprint density at radius 2 is 2.00 bits per heavy atom. The average molecular weight is 321 g/mol. The maximum Gasteiger partial charge on any atom is 0.435 e. The van der Waals surface area contributed by atoms with E-state index in [2.05, 4.69) is 26.0 Å². The largest absolute Gasteiger partial charge is 0.435 e. The number of halogens is 4. The Morgan fingerprint density at radius 1 is 1.33 bits per heavy atom. The van der Waals surface area contributed by atoms with Crippen molar-refractivity contribution in [2.45, 2.75) is 13.1 Å². The fourth-order valence-electron chi connectivity index (χ4n) is 1.43. The predicted molar refractivity (Wildman–Crippen MR) is 63.2 cm³/mol. The van der Waals surface area contributed by atoms with E-state index in [4.69, 9.17) is 5.73 Å². The molecule has 0 fully saturated rings. The van der Waals surface area contributed by atoms with Crippen molar-refractivity contribution < 1.29 is 13.2 Å². The molecular weight excluding hydrogens is 313 g/mol. The molecule has 0 aliphatic carbocycles. The second-order valence-electron chi connectivity index (χ2n) is 3.64. The van der Waals surface area contributed by atoms with E-state index in [-0.39, 0.29) is 5.82 Å². The summed E-state index contributed by atoms with van der Waals surface area (Å²) in [5, 5.41) is 3.51. The fraction of sp³-hybridized carbons (Fsp3) is 0.200. The molecule has 2 rings (SSSR count). The van der Waals surface area contributed by atoms with E-state index in [0.29, 0.717) is 15.9 Å². The van der Waals surface area contributed by atoms with Crippen LogP contribution in [0.3, 0.4) is 0 Å². The molecule has 0 saturated carbocycles. The lowest BCUT2D eigenvalue weighted by molar-refractivity contribution is -0.141. The summed E-state index contributed by atoms with van der Waals surface area (Å²) in [7, 11) is 0. The van der Waals surface area contributed by atoms with Gasteiger partial charge in [0, 0.05) is 5.69 Å². The van der Waals surface area contributed by atoms with Gasteiger partial charge in [0.2, 0.25) is 0 Å². The normalized spacial score (nSPS) is 11.8. The Kier molecular flexibility index (Phi) is 3.05. The van der Waals surface area contributed by atoms with Crippen molar-refractivity contribution in [1.29, 1.82) is 0 Å². The van der Waals surface area contributed by atoms with Crippen LogP contribution in [0.4, 0.5) is 19.0 Å². The minimum absolute atomic E-state index is 0.264. The van der Waals surface area contributed by atoms with E-state index < -0.39 is 11.9 Å². The van der Waals surface area contributed by atoms with Gasteiger partial charge in [0.1, 0.15) is 5.82 Å². The van der Waals surface area contributed by atoms with Gasteiger partial charge in [0.25, 0.3) is 0 Å². The first-order valence-corrected chi connectivity index (χ1v) is 5.63. The fourth-order valence-corrected chi connectivity index (χ4v) is 1.77. The van der Waals surface area contributed by atoms with Gasteiger partial charge in [-0.2, -0.15) is 18.3 Å². The first kappa shape index (κ1) is 12.9. The molecule has 0 aromatic carbocycles. The van der Waals surface area contributed by atoms with Crippen LogP contribution in [0, 0.1) is 6.92 Å². The Hall–Kier alpha value is -1.57. The second-order valence-corrected chi connectivity index (χ2v) is 4.50. The maximum atomic E-state index is 12.5. The molecule has 2 heterocycles. The number of aryl methyl sites for hydroxylation is 1. The number of anilines is 1. The number of aromatic nitrogens is 3. The standard InChI is InChI=1S/C10H8BrF3N4/c1-5-2-8(10(12,13)14)17-18(5)6-3-7(11)9(15)16-4-6/h2-4H,1H3,(H2,15,16). The third-order valence-electron chi connectivity index (χ3n) is 2.28. The molecule has 0 spiro atoms. The van der Waals surface area contributed by atoms with Crippen molar-refractivity contribution in [3.8, 4) is 5.69 Å². The van der Waals surface area contributed by atoms with Crippen LogP contribution in [-0.2, 0) is 6.18 Å². The van der Waals surface area contributed by atoms with E-state index in [9.17, 15) is 13.2 Å². The summed E-state index contributed by atoms with van der Waals surface area (Å²) in [4.78, 5) is 3.86. The number of nitrogens with zero attached hydrogens (tertiary/aromatic N) is 3. The molecule has 96 valence electrons. The van der Waals surface area contributed by atoms with Crippen LogP contribution in [0.5, 0.6) is 0 Å². The molecule has 18 heavy (non-hydrogen) atoms. The van der Waals surface area contributed by atoms with Gasteiger partial charge in [0.05, 0.1) is 16.4 Å². The lowest BCUT2D eigenvalue weighted by Crippen LogP contribution is -2.07. The molecule has 0 atom stereocenters. The Bertz CT molecular complexity index is 591. The number of nitrogen functional groups attached to an aromatic ring is 1. The molecule has 0 aliphatic rings. The highest BCUT2D eigenvalue weighted by molar-refractivity contribution is 9.10. The van der Waals surface area contributed by atoms with Crippen molar-refractivity contribution in [2.75, 3.05) is 5.73 Å². The van der Waals surface area contributed by atoms with Crippen LogP contribution in [0.2, 0.25) is 0 Å².